The molecule has 1 rings (SSSR count). The molecule has 78 valence electrons. The summed E-state index contributed by atoms with van der Waals surface area (Å²) in [6.45, 7) is 3.38. The van der Waals surface area contributed by atoms with Gasteiger partial charge in [-0.05, 0) is 12.1 Å². The zero-order valence-electron chi connectivity index (χ0n) is 8.05. The second kappa shape index (κ2) is 5.03. The molecule has 0 aliphatic carbocycles. The van der Waals surface area contributed by atoms with E-state index in [0.717, 1.165) is 0 Å². The van der Waals surface area contributed by atoms with Crippen LogP contribution in [0.4, 0.5) is 0 Å². The van der Waals surface area contributed by atoms with Crippen molar-refractivity contribution in [2.45, 2.75) is 6.10 Å². The van der Waals surface area contributed by atoms with Gasteiger partial charge in [0, 0.05) is 6.07 Å². The molecule has 15 heavy (non-hydrogen) atoms. The van der Waals surface area contributed by atoms with Gasteiger partial charge < -0.3 is 14.9 Å². The minimum absolute atomic E-state index is 0.00799. The summed E-state index contributed by atoms with van der Waals surface area (Å²) in [5.41, 5.74) is 0.385. The van der Waals surface area contributed by atoms with Gasteiger partial charge in [-0.3, -0.25) is 0 Å². The first kappa shape index (κ1) is 11.1. The van der Waals surface area contributed by atoms with Gasteiger partial charge in [-0.15, -0.1) is 6.58 Å². The zero-order chi connectivity index (χ0) is 11.3. The molecular weight excluding hydrogens is 194 g/mol. The maximum atomic E-state index is 9.37. The molecule has 4 nitrogen and oxygen atoms in total. The molecule has 0 heterocycles. The lowest BCUT2D eigenvalue weighted by Gasteiger charge is -2.09. The largest absolute Gasteiger partial charge is 0.504 e. The molecule has 1 aromatic rings. The van der Waals surface area contributed by atoms with Crippen molar-refractivity contribution in [3.05, 3.63) is 36.4 Å². The van der Waals surface area contributed by atoms with Crippen molar-refractivity contribution in [3.8, 4) is 17.6 Å². The van der Waals surface area contributed by atoms with Crippen molar-refractivity contribution in [3.63, 3.8) is 0 Å². The Morgan fingerprint density at radius 1 is 1.60 bits per heavy atom. The Hall–Kier alpha value is -1.99. The molecule has 1 aromatic carbocycles. The highest BCUT2D eigenvalue weighted by atomic mass is 16.5. The zero-order valence-corrected chi connectivity index (χ0v) is 8.05. The van der Waals surface area contributed by atoms with Crippen LogP contribution in [-0.2, 0) is 0 Å². The Morgan fingerprint density at radius 3 is 2.93 bits per heavy atom. The van der Waals surface area contributed by atoms with Crippen LogP contribution in [0.2, 0.25) is 0 Å². The maximum Gasteiger partial charge on any atom is 0.162 e. The van der Waals surface area contributed by atoms with Crippen LogP contribution in [0.15, 0.2) is 30.9 Å². The Labute approximate surface area is 87.7 Å². The number of hydrogen-bond acceptors (Lipinski definition) is 4. The number of aliphatic hydroxyl groups is 1. The van der Waals surface area contributed by atoms with Gasteiger partial charge in [0.1, 0.15) is 12.7 Å². The minimum Gasteiger partial charge on any atom is -0.504 e. The Kier molecular flexibility index (Phi) is 3.72. The molecule has 0 spiro atoms. The van der Waals surface area contributed by atoms with Crippen LogP contribution in [0, 0.1) is 11.3 Å². The molecule has 0 saturated carbocycles. The summed E-state index contributed by atoms with van der Waals surface area (Å²) in [5, 5.41) is 27.1. The number of ether oxygens (including phenoxy) is 1. The van der Waals surface area contributed by atoms with E-state index in [2.05, 4.69) is 6.58 Å². The number of aliphatic hydroxyl groups excluding tert-OH is 1. The van der Waals surface area contributed by atoms with Gasteiger partial charge in [-0.25, -0.2) is 0 Å². The van der Waals surface area contributed by atoms with E-state index in [0.29, 0.717) is 5.56 Å². The number of phenols is 1. The fourth-order valence-corrected chi connectivity index (χ4v) is 0.942. The summed E-state index contributed by atoms with van der Waals surface area (Å²) < 4.78 is 5.11. The van der Waals surface area contributed by atoms with Gasteiger partial charge in [-0.1, -0.05) is 6.08 Å². The highest BCUT2D eigenvalue weighted by Gasteiger charge is 2.05. The Bertz CT molecular complexity index is 395. The number of rotatable bonds is 4. The van der Waals surface area contributed by atoms with E-state index < -0.39 is 6.10 Å². The Morgan fingerprint density at radius 2 is 2.33 bits per heavy atom. The van der Waals surface area contributed by atoms with E-state index in [4.69, 9.17) is 15.1 Å². The minimum atomic E-state index is -0.796. The molecule has 0 amide bonds. The summed E-state index contributed by atoms with van der Waals surface area (Å²) in [7, 11) is 0. The molecule has 1 atom stereocenters. The molecular formula is C11H11NO3. The van der Waals surface area contributed by atoms with E-state index in [1.807, 2.05) is 6.07 Å². The first-order valence-electron chi connectivity index (χ1n) is 4.34. The Balaban J connectivity index is 2.76. The second-order valence-corrected chi connectivity index (χ2v) is 2.91. The number of benzene rings is 1. The maximum absolute atomic E-state index is 9.37. The van der Waals surface area contributed by atoms with E-state index in [1.54, 1.807) is 0 Å². The normalized spacial score (nSPS) is 11.5. The lowest BCUT2D eigenvalue weighted by atomic mass is 10.2. The lowest BCUT2D eigenvalue weighted by molar-refractivity contribution is 0.142. The molecule has 0 fully saturated rings. The van der Waals surface area contributed by atoms with Crippen molar-refractivity contribution in [2.24, 2.45) is 0 Å². The molecule has 0 bridgehead atoms. The van der Waals surface area contributed by atoms with Crippen molar-refractivity contribution in [2.75, 3.05) is 6.61 Å². The van der Waals surface area contributed by atoms with Crippen LogP contribution in [0.1, 0.15) is 5.56 Å². The predicted octanol–water partition coefficient (Wildman–Crippen LogP) is 1.19. The molecule has 0 aliphatic rings. The smallest absolute Gasteiger partial charge is 0.162 e. The average molecular weight is 205 g/mol. The monoisotopic (exact) mass is 205 g/mol. The summed E-state index contributed by atoms with van der Waals surface area (Å²) in [5.74, 6) is 0.111. The number of hydrogen-bond donors (Lipinski definition) is 2. The molecule has 1 unspecified atom stereocenters. The molecule has 4 heteroatoms. The van der Waals surface area contributed by atoms with Crippen molar-refractivity contribution in [1.82, 2.24) is 0 Å². The third kappa shape index (κ3) is 3.01. The SMILES string of the molecule is C=CC(O)COc1cc(C#N)ccc1O. The molecule has 0 radical (unpaired) electrons. The molecule has 0 aromatic heterocycles. The van der Waals surface area contributed by atoms with Gasteiger partial charge in [0.2, 0.25) is 0 Å². The van der Waals surface area contributed by atoms with Crippen molar-refractivity contribution >= 4 is 0 Å². The van der Waals surface area contributed by atoms with Gasteiger partial charge in [0.05, 0.1) is 11.6 Å². The van der Waals surface area contributed by atoms with Crippen LogP contribution in [0.3, 0.4) is 0 Å². The van der Waals surface area contributed by atoms with Gasteiger partial charge in [0.15, 0.2) is 11.5 Å². The summed E-state index contributed by atoms with van der Waals surface area (Å²) in [6, 6.07) is 6.18. The van der Waals surface area contributed by atoms with Crippen LogP contribution in [0.5, 0.6) is 11.5 Å². The lowest BCUT2D eigenvalue weighted by Crippen LogP contribution is -2.14. The van der Waals surface area contributed by atoms with E-state index in [9.17, 15) is 5.11 Å². The third-order valence-corrected chi connectivity index (χ3v) is 1.77. The van der Waals surface area contributed by atoms with E-state index in [1.165, 1.54) is 24.3 Å². The van der Waals surface area contributed by atoms with Crippen LogP contribution >= 0.6 is 0 Å². The first-order chi connectivity index (χ1) is 7.17. The van der Waals surface area contributed by atoms with E-state index in [-0.39, 0.29) is 18.1 Å². The van der Waals surface area contributed by atoms with Gasteiger partial charge in [-0.2, -0.15) is 5.26 Å². The molecule has 0 saturated heterocycles. The highest BCUT2D eigenvalue weighted by molar-refractivity contribution is 5.45. The standard InChI is InChI=1S/C11H11NO3/c1-2-9(13)7-15-11-5-8(6-12)3-4-10(11)14/h2-5,9,13-14H,1,7H2. The van der Waals surface area contributed by atoms with Gasteiger partial charge in [0.25, 0.3) is 0 Å². The fraction of sp³-hybridized carbons (Fsp3) is 0.182. The molecule has 2 N–H and O–H groups in total. The average Bonchev–Trinajstić information content (AvgIpc) is 2.27. The number of aromatic hydroxyl groups is 1. The summed E-state index contributed by atoms with van der Waals surface area (Å²) in [6.07, 6.45) is 0.528. The summed E-state index contributed by atoms with van der Waals surface area (Å²) >= 11 is 0. The van der Waals surface area contributed by atoms with Crippen LogP contribution < -0.4 is 4.74 Å². The van der Waals surface area contributed by atoms with Crippen LogP contribution in [0.25, 0.3) is 0 Å². The summed E-state index contributed by atoms with van der Waals surface area (Å²) in [4.78, 5) is 0. The quantitative estimate of drug-likeness (QED) is 0.724. The number of phenolic OH excluding ortho intramolecular Hbond substituents is 1. The van der Waals surface area contributed by atoms with Crippen molar-refractivity contribution < 1.29 is 14.9 Å². The van der Waals surface area contributed by atoms with Gasteiger partial charge >= 0.3 is 0 Å². The second-order valence-electron chi connectivity index (χ2n) is 2.91. The van der Waals surface area contributed by atoms with Crippen molar-refractivity contribution in [1.29, 1.82) is 5.26 Å². The molecule has 0 aliphatic heterocycles. The fourth-order valence-electron chi connectivity index (χ4n) is 0.942. The van der Waals surface area contributed by atoms with Crippen LogP contribution in [-0.4, -0.2) is 22.9 Å². The predicted molar refractivity (Wildman–Crippen MR) is 54.5 cm³/mol. The number of nitrogens with zero attached hydrogens (tertiary/aromatic N) is 1. The number of nitriles is 1. The topological polar surface area (TPSA) is 73.5 Å². The first-order valence-corrected chi connectivity index (χ1v) is 4.34. The third-order valence-electron chi connectivity index (χ3n) is 1.77. The van der Waals surface area contributed by atoms with E-state index >= 15 is 0 Å². The highest BCUT2D eigenvalue weighted by Crippen LogP contribution is 2.26.